The Kier molecular flexibility index (Phi) is 3.67. The normalized spacial score (nSPS) is 15.4. The SMILES string of the molecule is CC(C)N(CC1CC1)c1cc(F)cc(CN)c1. The quantitative estimate of drug-likeness (QED) is 0.851. The molecule has 0 unspecified atom stereocenters. The third-order valence-electron chi connectivity index (χ3n) is 3.28. The third kappa shape index (κ3) is 3.19. The lowest BCUT2D eigenvalue weighted by Gasteiger charge is -2.29. The Morgan fingerprint density at radius 1 is 1.35 bits per heavy atom. The van der Waals surface area contributed by atoms with E-state index in [2.05, 4.69) is 18.7 Å². The summed E-state index contributed by atoms with van der Waals surface area (Å²) in [5, 5.41) is 0. The van der Waals surface area contributed by atoms with Crippen LogP contribution in [0.2, 0.25) is 0 Å². The summed E-state index contributed by atoms with van der Waals surface area (Å²) in [4.78, 5) is 2.28. The van der Waals surface area contributed by atoms with Gasteiger partial charge in [-0.3, -0.25) is 0 Å². The summed E-state index contributed by atoms with van der Waals surface area (Å²) in [7, 11) is 0. The molecule has 0 bridgehead atoms. The number of halogens is 1. The summed E-state index contributed by atoms with van der Waals surface area (Å²) in [5.41, 5.74) is 7.42. The topological polar surface area (TPSA) is 29.3 Å². The molecule has 3 heteroatoms. The highest BCUT2D eigenvalue weighted by atomic mass is 19.1. The average molecular weight is 236 g/mol. The van der Waals surface area contributed by atoms with Crippen LogP contribution in [0.5, 0.6) is 0 Å². The zero-order valence-corrected chi connectivity index (χ0v) is 10.6. The molecule has 1 aliphatic carbocycles. The lowest BCUT2D eigenvalue weighted by molar-refractivity contribution is 0.614. The fourth-order valence-electron chi connectivity index (χ4n) is 2.11. The van der Waals surface area contributed by atoms with Gasteiger partial charge in [-0.05, 0) is 56.4 Å². The molecule has 0 radical (unpaired) electrons. The van der Waals surface area contributed by atoms with Crippen LogP contribution in [0.15, 0.2) is 18.2 Å². The zero-order valence-electron chi connectivity index (χ0n) is 10.6. The number of benzene rings is 1. The van der Waals surface area contributed by atoms with Crippen LogP contribution in [0.1, 0.15) is 32.3 Å². The fraction of sp³-hybridized carbons (Fsp3) is 0.571. The minimum absolute atomic E-state index is 0.190. The van der Waals surface area contributed by atoms with Gasteiger partial charge in [0.05, 0.1) is 0 Å². The predicted octanol–water partition coefficient (Wildman–Crippen LogP) is 2.91. The second kappa shape index (κ2) is 5.05. The van der Waals surface area contributed by atoms with E-state index in [0.717, 1.165) is 23.7 Å². The first-order chi connectivity index (χ1) is 8.10. The molecule has 1 saturated carbocycles. The maximum absolute atomic E-state index is 13.5. The highest BCUT2D eigenvalue weighted by Gasteiger charge is 2.26. The highest BCUT2D eigenvalue weighted by Crippen LogP contribution is 2.32. The smallest absolute Gasteiger partial charge is 0.125 e. The first-order valence-electron chi connectivity index (χ1n) is 6.36. The minimum atomic E-state index is -0.190. The van der Waals surface area contributed by atoms with Gasteiger partial charge in [0.15, 0.2) is 0 Å². The van der Waals surface area contributed by atoms with Crippen molar-refractivity contribution in [2.75, 3.05) is 11.4 Å². The van der Waals surface area contributed by atoms with Crippen LogP contribution in [0.25, 0.3) is 0 Å². The highest BCUT2D eigenvalue weighted by molar-refractivity contribution is 5.50. The molecule has 0 atom stereocenters. The van der Waals surface area contributed by atoms with Crippen molar-refractivity contribution in [3.8, 4) is 0 Å². The van der Waals surface area contributed by atoms with Crippen LogP contribution in [0, 0.1) is 11.7 Å². The van der Waals surface area contributed by atoms with Crippen molar-refractivity contribution < 1.29 is 4.39 Å². The lowest BCUT2D eigenvalue weighted by atomic mass is 10.1. The van der Waals surface area contributed by atoms with Gasteiger partial charge in [-0.2, -0.15) is 0 Å². The summed E-state index contributed by atoms with van der Waals surface area (Å²) in [6, 6.07) is 5.52. The van der Waals surface area contributed by atoms with Crippen molar-refractivity contribution in [1.82, 2.24) is 0 Å². The minimum Gasteiger partial charge on any atom is -0.369 e. The standard InChI is InChI=1S/C14H21FN2/c1-10(2)17(9-11-3-4-11)14-6-12(8-16)5-13(15)7-14/h5-7,10-11H,3-4,8-9,16H2,1-2H3. The van der Waals surface area contributed by atoms with E-state index in [1.54, 1.807) is 6.07 Å². The number of nitrogens with two attached hydrogens (primary N) is 1. The molecule has 2 N–H and O–H groups in total. The van der Waals surface area contributed by atoms with Crippen LogP contribution < -0.4 is 10.6 Å². The Hall–Kier alpha value is -1.09. The molecular formula is C14H21FN2. The molecule has 1 aromatic rings. The van der Waals surface area contributed by atoms with Crippen LogP contribution in [-0.4, -0.2) is 12.6 Å². The van der Waals surface area contributed by atoms with E-state index in [4.69, 9.17) is 5.73 Å². The van der Waals surface area contributed by atoms with Gasteiger partial charge >= 0.3 is 0 Å². The molecular weight excluding hydrogens is 215 g/mol. The summed E-state index contributed by atoms with van der Waals surface area (Å²) >= 11 is 0. The molecule has 17 heavy (non-hydrogen) atoms. The van der Waals surface area contributed by atoms with Gasteiger partial charge in [-0.25, -0.2) is 4.39 Å². The molecule has 0 spiro atoms. The summed E-state index contributed by atoms with van der Waals surface area (Å²) in [5.74, 6) is 0.603. The predicted molar refractivity (Wildman–Crippen MR) is 69.5 cm³/mol. The van der Waals surface area contributed by atoms with E-state index in [-0.39, 0.29) is 5.82 Å². The van der Waals surface area contributed by atoms with E-state index in [1.165, 1.54) is 18.9 Å². The van der Waals surface area contributed by atoms with Gasteiger partial charge in [0.2, 0.25) is 0 Å². The van der Waals surface area contributed by atoms with Gasteiger partial charge in [0, 0.05) is 24.8 Å². The fourth-order valence-corrected chi connectivity index (χ4v) is 2.11. The molecule has 2 nitrogen and oxygen atoms in total. The number of hydrogen-bond donors (Lipinski definition) is 1. The van der Waals surface area contributed by atoms with Crippen molar-refractivity contribution >= 4 is 5.69 Å². The molecule has 1 fully saturated rings. The maximum Gasteiger partial charge on any atom is 0.125 e. The Labute approximate surface area is 103 Å². The van der Waals surface area contributed by atoms with E-state index < -0.39 is 0 Å². The molecule has 0 aromatic heterocycles. The van der Waals surface area contributed by atoms with Crippen molar-refractivity contribution in [1.29, 1.82) is 0 Å². The monoisotopic (exact) mass is 236 g/mol. The van der Waals surface area contributed by atoms with Crippen LogP contribution >= 0.6 is 0 Å². The number of rotatable bonds is 5. The number of hydrogen-bond acceptors (Lipinski definition) is 2. The molecule has 2 rings (SSSR count). The van der Waals surface area contributed by atoms with Crippen LogP contribution in [0.4, 0.5) is 10.1 Å². The van der Waals surface area contributed by atoms with Gasteiger partial charge in [-0.1, -0.05) is 0 Å². The summed E-state index contributed by atoms with van der Waals surface area (Å²) < 4.78 is 13.5. The van der Waals surface area contributed by atoms with Gasteiger partial charge in [0.1, 0.15) is 5.82 Å². The third-order valence-corrected chi connectivity index (χ3v) is 3.28. The Bertz CT molecular complexity index is 386. The van der Waals surface area contributed by atoms with Gasteiger partial charge < -0.3 is 10.6 Å². The van der Waals surface area contributed by atoms with E-state index in [0.29, 0.717) is 12.6 Å². The largest absolute Gasteiger partial charge is 0.369 e. The second-order valence-electron chi connectivity index (χ2n) is 5.21. The van der Waals surface area contributed by atoms with Crippen molar-refractivity contribution in [2.24, 2.45) is 11.7 Å². The van der Waals surface area contributed by atoms with E-state index in [1.807, 2.05) is 6.07 Å². The molecule has 0 saturated heterocycles. The first-order valence-corrected chi connectivity index (χ1v) is 6.36. The molecule has 0 aliphatic heterocycles. The van der Waals surface area contributed by atoms with Crippen LogP contribution in [-0.2, 0) is 6.54 Å². The first kappa shape index (κ1) is 12.4. The molecule has 0 heterocycles. The molecule has 94 valence electrons. The number of nitrogens with zero attached hydrogens (tertiary/aromatic N) is 1. The summed E-state index contributed by atoms with van der Waals surface area (Å²) in [6.45, 7) is 5.72. The van der Waals surface area contributed by atoms with E-state index >= 15 is 0 Å². The average Bonchev–Trinajstić information content (AvgIpc) is 3.08. The zero-order chi connectivity index (χ0) is 12.4. The summed E-state index contributed by atoms with van der Waals surface area (Å²) in [6.07, 6.45) is 2.62. The Morgan fingerprint density at radius 2 is 2.06 bits per heavy atom. The van der Waals surface area contributed by atoms with E-state index in [9.17, 15) is 4.39 Å². The Balaban J connectivity index is 2.23. The molecule has 1 aliphatic rings. The van der Waals surface area contributed by atoms with Crippen molar-refractivity contribution in [2.45, 2.75) is 39.3 Å². The Morgan fingerprint density at radius 3 is 2.59 bits per heavy atom. The van der Waals surface area contributed by atoms with Gasteiger partial charge in [0.25, 0.3) is 0 Å². The lowest BCUT2D eigenvalue weighted by Crippen LogP contribution is -2.32. The number of anilines is 1. The molecule has 1 aromatic carbocycles. The van der Waals surface area contributed by atoms with Gasteiger partial charge in [-0.15, -0.1) is 0 Å². The molecule has 0 amide bonds. The van der Waals surface area contributed by atoms with Crippen molar-refractivity contribution in [3.63, 3.8) is 0 Å². The van der Waals surface area contributed by atoms with Crippen LogP contribution in [0.3, 0.4) is 0 Å². The van der Waals surface area contributed by atoms with Crippen molar-refractivity contribution in [3.05, 3.63) is 29.6 Å². The second-order valence-corrected chi connectivity index (χ2v) is 5.21. The maximum atomic E-state index is 13.5.